The zero-order chi connectivity index (χ0) is 22.8. The minimum Gasteiger partial charge on any atom is -0.493 e. The maximum absolute atomic E-state index is 12.3. The summed E-state index contributed by atoms with van der Waals surface area (Å²) in [6.45, 7) is -0.0442. The summed E-state index contributed by atoms with van der Waals surface area (Å²) in [5, 5.41) is 2.71. The number of carbonyl (C=O) groups is 2. The second-order valence-electron chi connectivity index (χ2n) is 6.28. The molecule has 0 aromatic heterocycles. The lowest BCUT2D eigenvalue weighted by Gasteiger charge is -2.14. The van der Waals surface area contributed by atoms with Crippen LogP contribution in [0, 0.1) is 0 Å². The summed E-state index contributed by atoms with van der Waals surface area (Å²) in [4.78, 5) is 24.4. The molecule has 0 bridgehead atoms. The summed E-state index contributed by atoms with van der Waals surface area (Å²) in [5.41, 5.74) is 1.14. The molecule has 168 valence electrons. The normalized spacial score (nSPS) is 10.1. The van der Waals surface area contributed by atoms with Gasteiger partial charge in [0, 0.05) is 6.54 Å². The van der Waals surface area contributed by atoms with Gasteiger partial charge in [0.25, 0.3) is 5.91 Å². The molecule has 9 heteroatoms. The van der Waals surface area contributed by atoms with Crippen molar-refractivity contribution in [1.29, 1.82) is 0 Å². The van der Waals surface area contributed by atoms with Crippen LogP contribution >= 0.6 is 0 Å². The Morgan fingerprint density at radius 3 is 1.94 bits per heavy atom. The van der Waals surface area contributed by atoms with Crippen molar-refractivity contribution in [3.63, 3.8) is 0 Å². The topological polar surface area (TPSA) is 102 Å². The number of methoxy groups -OCH3 is 5. The molecule has 9 nitrogen and oxygen atoms in total. The lowest BCUT2D eigenvalue weighted by molar-refractivity contribution is -0.124. The van der Waals surface area contributed by atoms with E-state index in [1.54, 1.807) is 20.3 Å². The van der Waals surface area contributed by atoms with Crippen LogP contribution in [0.2, 0.25) is 0 Å². The monoisotopic (exact) mass is 433 g/mol. The van der Waals surface area contributed by atoms with Gasteiger partial charge in [-0.1, -0.05) is 6.07 Å². The van der Waals surface area contributed by atoms with Gasteiger partial charge in [0.15, 0.2) is 29.6 Å². The fourth-order valence-corrected chi connectivity index (χ4v) is 2.85. The molecule has 0 saturated heterocycles. The van der Waals surface area contributed by atoms with Crippen LogP contribution in [0.25, 0.3) is 0 Å². The molecule has 0 spiro atoms. The van der Waals surface area contributed by atoms with E-state index in [0.717, 1.165) is 5.56 Å². The highest BCUT2D eigenvalue weighted by molar-refractivity contribution is 5.92. The Morgan fingerprint density at radius 2 is 1.39 bits per heavy atom. The number of ether oxygens (including phenoxy) is 6. The van der Waals surface area contributed by atoms with Crippen molar-refractivity contribution >= 4 is 11.9 Å². The first-order valence-electron chi connectivity index (χ1n) is 9.42. The van der Waals surface area contributed by atoms with Crippen LogP contribution in [0.1, 0.15) is 15.9 Å². The molecule has 1 N–H and O–H groups in total. The molecule has 1 amide bonds. The van der Waals surface area contributed by atoms with Crippen LogP contribution in [0.4, 0.5) is 0 Å². The molecule has 0 aliphatic heterocycles. The fourth-order valence-electron chi connectivity index (χ4n) is 2.85. The van der Waals surface area contributed by atoms with Gasteiger partial charge in [-0.05, 0) is 36.2 Å². The van der Waals surface area contributed by atoms with Crippen molar-refractivity contribution in [2.24, 2.45) is 0 Å². The van der Waals surface area contributed by atoms with Crippen LogP contribution in [0.15, 0.2) is 30.3 Å². The number of carbonyl (C=O) groups excluding carboxylic acids is 2. The zero-order valence-electron chi connectivity index (χ0n) is 18.3. The Bertz CT molecular complexity index is 887. The van der Waals surface area contributed by atoms with Crippen molar-refractivity contribution in [3.05, 3.63) is 41.5 Å². The average molecular weight is 433 g/mol. The van der Waals surface area contributed by atoms with E-state index >= 15 is 0 Å². The predicted octanol–water partition coefficient (Wildman–Crippen LogP) is 2.25. The summed E-state index contributed by atoms with van der Waals surface area (Å²) in [6.07, 6.45) is 0.576. The average Bonchev–Trinajstić information content (AvgIpc) is 2.81. The maximum atomic E-state index is 12.3. The number of amides is 1. The summed E-state index contributed by atoms with van der Waals surface area (Å²) in [7, 11) is 7.48. The summed E-state index contributed by atoms with van der Waals surface area (Å²) >= 11 is 0. The molecular weight excluding hydrogens is 406 g/mol. The number of hydrogen-bond acceptors (Lipinski definition) is 8. The number of hydrogen-bond donors (Lipinski definition) is 1. The van der Waals surface area contributed by atoms with E-state index in [4.69, 9.17) is 28.4 Å². The number of nitrogens with one attached hydrogen (secondary N) is 1. The molecule has 0 aliphatic rings. The van der Waals surface area contributed by atoms with E-state index < -0.39 is 18.5 Å². The Morgan fingerprint density at radius 1 is 0.774 bits per heavy atom. The summed E-state index contributed by atoms with van der Waals surface area (Å²) in [6, 6.07) is 8.44. The lowest BCUT2D eigenvalue weighted by atomic mass is 10.1. The molecule has 0 saturated carbocycles. The highest BCUT2D eigenvalue weighted by Gasteiger charge is 2.18. The molecule has 0 fully saturated rings. The number of benzene rings is 2. The molecular formula is C22H27NO8. The molecule has 0 radical (unpaired) electrons. The smallest absolute Gasteiger partial charge is 0.338 e. The maximum Gasteiger partial charge on any atom is 0.338 e. The van der Waals surface area contributed by atoms with Gasteiger partial charge in [-0.25, -0.2) is 4.79 Å². The standard InChI is InChI=1S/C22H27NO8/c1-26-16-7-6-14(10-17(16)27-2)8-9-23-20(24)13-31-22(25)15-11-18(28-3)21(30-5)19(12-15)29-4/h6-7,10-12H,8-9,13H2,1-5H3,(H,23,24). The Labute approximate surface area is 181 Å². The second kappa shape index (κ2) is 11.5. The van der Waals surface area contributed by atoms with Gasteiger partial charge >= 0.3 is 5.97 Å². The van der Waals surface area contributed by atoms with Crippen molar-refractivity contribution in [2.45, 2.75) is 6.42 Å². The van der Waals surface area contributed by atoms with Gasteiger partial charge in [0.2, 0.25) is 5.75 Å². The highest BCUT2D eigenvalue weighted by Crippen LogP contribution is 2.38. The van der Waals surface area contributed by atoms with Gasteiger partial charge in [-0.15, -0.1) is 0 Å². The molecule has 2 aromatic rings. The predicted molar refractivity (Wildman–Crippen MR) is 113 cm³/mol. The molecule has 0 atom stereocenters. The minimum absolute atomic E-state index is 0.174. The minimum atomic E-state index is -0.686. The first-order valence-corrected chi connectivity index (χ1v) is 9.42. The lowest BCUT2D eigenvalue weighted by Crippen LogP contribution is -2.30. The molecule has 31 heavy (non-hydrogen) atoms. The van der Waals surface area contributed by atoms with Crippen LogP contribution < -0.4 is 29.0 Å². The van der Waals surface area contributed by atoms with E-state index in [1.165, 1.54) is 33.5 Å². The van der Waals surface area contributed by atoms with E-state index in [-0.39, 0.29) is 5.56 Å². The quantitative estimate of drug-likeness (QED) is 0.539. The third kappa shape index (κ3) is 6.18. The van der Waals surface area contributed by atoms with E-state index in [1.807, 2.05) is 12.1 Å². The van der Waals surface area contributed by atoms with E-state index in [0.29, 0.717) is 41.7 Å². The zero-order valence-corrected chi connectivity index (χ0v) is 18.3. The number of esters is 1. The van der Waals surface area contributed by atoms with Crippen LogP contribution in [-0.4, -0.2) is 60.6 Å². The SMILES string of the molecule is COc1ccc(CCNC(=O)COC(=O)c2cc(OC)c(OC)c(OC)c2)cc1OC. The van der Waals surface area contributed by atoms with Crippen molar-refractivity contribution in [1.82, 2.24) is 5.32 Å². The van der Waals surface area contributed by atoms with Gasteiger partial charge in [-0.2, -0.15) is 0 Å². The summed E-state index contributed by atoms with van der Waals surface area (Å²) < 4.78 is 31.2. The Kier molecular flexibility index (Phi) is 8.80. The highest BCUT2D eigenvalue weighted by atomic mass is 16.5. The second-order valence-corrected chi connectivity index (χ2v) is 6.28. The number of rotatable bonds is 11. The van der Waals surface area contributed by atoms with Crippen LogP contribution in [-0.2, 0) is 16.0 Å². The van der Waals surface area contributed by atoms with Crippen LogP contribution in [0.5, 0.6) is 28.7 Å². The van der Waals surface area contributed by atoms with Gasteiger partial charge in [-0.3, -0.25) is 4.79 Å². The van der Waals surface area contributed by atoms with Gasteiger partial charge in [0.05, 0.1) is 41.1 Å². The molecule has 0 aliphatic carbocycles. The summed E-state index contributed by atoms with van der Waals surface area (Å²) in [5.74, 6) is 1.13. The van der Waals surface area contributed by atoms with E-state index in [2.05, 4.69) is 5.32 Å². The Hall–Kier alpha value is -3.62. The molecule has 2 aromatic carbocycles. The fraction of sp³-hybridized carbons (Fsp3) is 0.364. The van der Waals surface area contributed by atoms with Crippen LogP contribution in [0.3, 0.4) is 0 Å². The third-order valence-electron chi connectivity index (χ3n) is 4.42. The largest absolute Gasteiger partial charge is 0.493 e. The van der Waals surface area contributed by atoms with E-state index in [9.17, 15) is 9.59 Å². The molecule has 2 rings (SSSR count). The first-order chi connectivity index (χ1) is 15.0. The van der Waals surface area contributed by atoms with Gasteiger partial charge in [0.1, 0.15) is 0 Å². The molecule has 0 heterocycles. The van der Waals surface area contributed by atoms with Crippen molar-refractivity contribution < 1.29 is 38.0 Å². The first kappa shape index (κ1) is 23.7. The van der Waals surface area contributed by atoms with Gasteiger partial charge < -0.3 is 33.7 Å². The van der Waals surface area contributed by atoms with Crippen molar-refractivity contribution in [2.75, 3.05) is 48.7 Å². The third-order valence-corrected chi connectivity index (χ3v) is 4.42. The molecule has 0 unspecified atom stereocenters. The Balaban J connectivity index is 1.88. The van der Waals surface area contributed by atoms with Crippen molar-refractivity contribution in [3.8, 4) is 28.7 Å².